The van der Waals surface area contributed by atoms with E-state index in [0.29, 0.717) is 12.8 Å². The van der Waals surface area contributed by atoms with Crippen LogP contribution in [0.15, 0.2) is 24.3 Å². The normalized spacial score (nSPS) is 19.4. The van der Waals surface area contributed by atoms with Gasteiger partial charge in [0, 0.05) is 13.0 Å². The summed E-state index contributed by atoms with van der Waals surface area (Å²) in [6.07, 6.45) is 3.23. The molecule has 94 valence electrons. The summed E-state index contributed by atoms with van der Waals surface area (Å²) in [5, 5.41) is 0.916. The average molecular weight is 261 g/mol. The van der Waals surface area contributed by atoms with Crippen LogP contribution in [0.4, 0.5) is 0 Å². The van der Waals surface area contributed by atoms with E-state index in [0.717, 1.165) is 34.7 Å². The van der Waals surface area contributed by atoms with Crippen LogP contribution in [-0.4, -0.2) is 23.5 Å². The fraction of sp³-hybridized carbons (Fsp3) is 0.429. The van der Waals surface area contributed by atoms with Crippen LogP contribution < -0.4 is 0 Å². The Kier molecular flexibility index (Phi) is 3.39. The van der Waals surface area contributed by atoms with Crippen LogP contribution in [0, 0.1) is 0 Å². The average Bonchev–Trinajstić information content (AvgIpc) is 2.96. The van der Waals surface area contributed by atoms with Gasteiger partial charge in [-0.05, 0) is 25.0 Å². The van der Waals surface area contributed by atoms with Crippen molar-refractivity contribution in [1.82, 2.24) is 4.98 Å². The molecule has 3 rings (SSSR count). The van der Waals surface area contributed by atoms with Crippen molar-refractivity contribution >= 4 is 27.3 Å². The fourth-order valence-electron chi connectivity index (χ4n) is 2.30. The first-order chi connectivity index (χ1) is 8.81. The molecular weight excluding hydrogens is 246 g/mol. The molecule has 0 saturated carbocycles. The van der Waals surface area contributed by atoms with Crippen molar-refractivity contribution in [3.63, 3.8) is 0 Å². The number of carbonyl (C=O) groups is 1. The molecule has 18 heavy (non-hydrogen) atoms. The minimum absolute atomic E-state index is 0.145. The van der Waals surface area contributed by atoms with Gasteiger partial charge in [-0.3, -0.25) is 4.79 Å². The van der Waals surface area contributed by atoms with E-state index in [-0.39, 0.29) is 11.9 Å². The van der Waals surface area contributed by atoms with E-state index >= 15 is 0 Å². The summed E-state index contributed by atoms with van der Waals surface area (Å²) < 4.78 is 6.63. The van der Waals surface area contributed by atoms with Crippen LogP contribution in [0.2, 0.25) is 0 Å². The fourth-order valence-corrected chi connectivity index (χ4v) is 3.29. The molecule has 0 radical (unpaired) electrons. The van der Waals surface area contributed by atoms with E-state index in [1.807, 2.05) is 24.3 Å². The van der Waals surface area contributed by atoms with Gasteiger partial charge in [0.2, 0.25) is 0 Å². The Hall–Kier alpha value is -1.26. The molecule has 2 heterocycles. The van der Waals surface area contributed by atoms with Crippen LogP contribution in [0.3, 0.4) is 0 Å². The summed E-state index contributed by atoms with van der Waals surface area (Å²) in [6.45, 7) is 0.805. The third-order valence-corrected chi connectivity index (χ3v) is 4.20. The van der Waals surface area contributed by atoms with Gasteiger partial charge in [0.15, 0.2) is 0 Å². The standard InChI is InChI=1S/C14H15NO2S/c16-10(8-11-4-3-7-17-11)9-14-15-12-5-1-2-6-13(12)18-14/h1-2,5-6,11H,3-4,7-9H2. The number of rotatable bonds is 4. The number of para-hydroxylation sites is 1. The molecule has 1 aromatic carbocycles. The number of Topliss-reactive ketones (excluding diaryl/α,β-unsaturated/α-hetero) is 1. The topological polar surface area (TPSA) is 39.2 Å². The highest BCUT2D eigenvalue weighted by Gasteiger charge is 2.19. The summed E-state index contributed by atoms with van der Waals surface area (Å²) in [6, 6.07) is 8.00. The molecular formula is C14H15NO2S. The molecule has 1 aromatic heterocycles. The number of benzene rings is 1. The van der Waals surface area contributed by atoms with Gasteiger partial charge in [-0.1, -0.05) is 12.1 Å². The van der Waals surface area contributed by atoms with Crippen molar-refractivity contribution in [3.8, 4) is 0 Å². The summed E-state index contributed by atoms with van der Waals surface area (Å²) >= 11 is 1.61. The van der Waals surface area contributed by atoms with Gasteiger partial charge in [0.25, 0.3) is 0 Å². The number of ketones is 1. The first-order valence-corrected chi connectivity index (χ1v) is 7.10. The lowest BCUT2D eigenvalue weighted by atomic mass is 10.1. The number of carbonyl (C=O) groups excluding carboxylic acids is 1. The van der Waals surface area contributed by atoms with Gasteiger partial charge >= 0.3 is 0 Å². The predicted molar refractivity (Wildman–Crippen MR) is 71.9 cm³/mol. The SMILES string of the molecule is O=C(Cc1nc2ccccc2s1)CC1CCCO1. The monoisotopic (exact) mass is 261 g/mol. The largest absolute Gasteiger partial charge is 0.378 e. The van der Waals surface area contributed by atoms with E-state index in [1.165, 1.54) is 0 Å². The van der Waals surface area contributed by atoms with E-state index in [4.69, 9.17) is 4.74 Å². The van der Waals surface area contributed by atoms with Gasteiger partial charge in [0.05, 0.1) is 22.7 Å². The first-order valence-electron chi connectivity index (χ1n) is 6.29. The summed E-state index contributed by atoms with van der Waals surface area (Å²) in [5.41, 5.74) is 0.988. The number of nitrogens with zero attached hydrogens (tertiary/aromatic N) is 1. The summed E-state index contributed by atoms with van der Waals surface area (Å²) in [4.78, 5) is 16.4. The second-order valence-electron chi connectivity index (χ2n) is 4.63. The lowest BCUT2D eigenvalue weighted by molar-refractivity contribution is -0.120. The summed E-state index contributed by atoms with van der Waals surface area (Å²) in [5.74, 6) is 0.237. The van der Waals surface area contributed by atoms with E-state index in [2.05, 4.69) is 4.98 Å². The van der Waals surface area contributed by atoms with Crippen LogP contribution >= 0.6 is 11.3 Å². The molecule has 3 nitrogen and oxygen atoms in total. The molecule has 1 aliphatic rings. The minimum Gasteiger partial charge on any atom is -0.378 e. The van der Waals surface area contributed by atoms with Gasteiger partial charge in [-0.25, -0.2) is 4.98 Å². The van der Waals surface area contributed by atoms with Gasteiger partial charge in [0.1, 0.15) is 10.8 Å². The number of hydrogen-bond donors (Lipinski definition) is 0. The minimum atomic E-state index is 0.145. The van der Waals surface area contributed by atoms with Crippen LogP contribution in [0.5, 0.6) is 0 Å². The van der Waals surface area contributed by atoms with Crippen molar-refractivity contribution in [3.05, 3.63) is 29.3 Å². The smallest absolute Gasteiger partial charge is 0.142 e. The zero-order valence-electron chi connectivity index (χ0n) is 10.1. The lowest BCUT2D eigenvalue weighted by Gasteiger charge is -2.06. The molecule has 0 N–H and O–H groups in total. The first kappa shape index (κ1) is 11.8. The maximum absolute atomic E-state index is 11.9. The molecule has 4 heteroatoms. The highest BCUT2D eigenvalue weighted by atomic mass is 32.1. The molecule has 2 aromatic rings. The Morgan fingerprint density at radius 1 is 1.44 bits per heavy atom. The Bertz CT molecular complexity index is 525. The van der Waals surface area contributed by atoms with E-state index < -0.39 is 0 Å². The highest BCUT2D eigenvalue weighted by molar-refractivity contribution is 7.18. The highest BCUT2D eigenvalue weighted by Crippen LogP contribution is 2.23. The molecule has 1 atom stereocenters. The van der Waals surface area contributed by atoms with Crippen LogP contribution in [0.25, 0.3) is 10.2 Å². The van der Waals surface area contributed by atoms with Crippen molar-refractivity contribution in [2.45, 2.75) is 31.8 Å². The van der Waals surface area contributed by atoms with E-state index in [1.54, 1.807) is 11.3 Å². The maximum atomic E-state index is 11.9. The molecule has 1 aliphatic heterocycles. The molecule has 1 saturated heterocycles. The van der Waals surface area contributed by atoms with Crippen LogP contribution in [-0.2, 0) is 16.0 Å². The van der Waals surface area contributed by atoms with Gasteiger partial charge < -0.3 is 4.74 Å². The molecule has 0 amide bonds. The third-order valence-electron chi connectivity index (χ3n) is 3.17. The zero-order chi connectivity index (χ0) is 12.4. The number of ether oxygens (including phenoxy) is 1. The molecule has 1 unspecified atom stereocenters. The van der Waals surface area contributed by atoms with Crippen molar-refractivity contribution < 1.29 is 9.53 Å². The Morgan fingerprint density at radius 3 is 3.11 bits per heavy atom. The van der Waals surface area contributed by atoms with Gasteiger partial charge in [-0.2, -0.15) is 0 Å². The predicted octanol–water partition coefficient (Wildman–Crippen LogP) is 2.98. The van der Waals surface area contributed by atoms with E-state index in [9.17, 15) is 4.79 Å². The molecule has 1 fully saturated rings. The Morgan fingerprint density at radius 2 is 2.33 bits per heavy atom. The quantitative estimate of drug-likeness (QED) is 0.849. The number of fused-ring (bicyclic) bond motifs is 1. The van der Waals surface area contributed by atoms with Crippen LogP contribution in [0.1, 0.15) is 24.3 Å². The number of thiazole rings is 1. The van der Waals surface area contributed by atoms with Crippen molar-refractivity contribution in [2.24, 2.45) is 0 Å². The second-order valence-corrected chi connectivity index (χ2v) is 5.75. The molecule has 0 bridgehead atoms. The van der Waals surface area contributed by atoms with Crippen molar-refractivity contribution in [1.29, 1.82) is 0 Å². The summed E-state index contributed by atoms with van der Waals surface area (Å²) in [7, 11) is 0. The number of hydrogen-bond acceptors (Lipinski definition) is 4. The van der Waals surface area contributed by atoms with Gasteiger partial charge in [-0.15, -0.1) is 11.3 Å². The Balaban J connectivity index is 1.66. The second kappa shape index (κ2) is 5.16. The Labute approximate surface area is 110 Å². The number of aromatic nitrogens is 1. The maximum Gasteiger partial charge on any atom is 0.142 e. The zero-order valence-corrected chi connectivity index (χ0v) is 10.9. The van der Waals surface area contributed by atoms with Crippen molar-refractivity contribution in [2.75, 3.05) is 6.61 Å². The molecule has 0 aliphatic carbocycles. The molecule has 0 spiro atoms. The lowest BCUT2D eigenvalue weighted by Crippen LogP contribution is -2.14. The third kappa shape index (κ3) is 2.60.